The number of amides is 1. The molecule has 112 valence electrons. The number of aromatic nitrogens is 4. The maximum Gasteiger partial charge on any atom is 0.271 e. The molecule has 0 aliphatic carbocycles. The van der Waals surface area contributed by atoms with Gasteiger partial charge in [-0.15, -0.1) is 0 Å². The molecule has 2 aromatic heterocycles. The van der Waals surface area contributed by atoms with Crippen LogP contribution < -0.4 is 10.9 Å². The molecule has 3 aromatic rings. The Labute approximate surface area is 125 Å². The monoisotopic (exact) mass is 298 g/mol. The molecule has 22 heavy (non-hydrogen) atoms. The van der Waals surface area contributed by atoms with E-state index in [0.717, 1.165) is 0 Å². The molecule has 0 spiro atoms. The number of rotatable bonds is 4. The second-order valence-electron chi connectivity index (χ2n) is 4.66. The summed E-state index contributed by atoms with van der Waals surface area (Å²) in [5, 5.41) is 14.7. The number of hydrogen-bond donors (Lipinski definition) is 3. The van der Waals surface area contributed by atoms with Gasteiger partial charge in [-0.1, -0.05) is 30.3 Å². The van der Waals surface area contributed by atoms with E-state index in [1.807, 2.05) is 6.07 Å². The van der Waals surface area contributed by atoms with Crippen LogP contribution in [0.15, 0.2) is 42.9 Å². The number of aliphatic hydroxyl groups excluding tert-OH is 1. The number of anilines is 1. The lowest BCUT2D eigenvalue weighted by Crippen LogP contribution is -2.34. The predicted molar refractivity (Wildman–Crippen MR) is 79.5 cm³/mol. The summed E-state index contributed by atoms with van der Waals surface area (Å²) in [6.45, 7) is 0. The van der Waals surface area contributed by atoms with Gasteiger partial charge in [0.1, 0.15) is 6.33 Å². The summed E-state index contributed by atoms with van der Waals surface area (Å²) < 4.78 is 1.60. The van der Waals surface area contributed by atoms with Gasteiger partial charge in [-0.05, 0) is 5.56 Å². The second kappa shape index (κ2) is 5.78. The first-order valence-corrected chi connectivity index (χ1v) is 6.58. The summed E-state index contributed by atoms with van der Waals surface area (Å²) in [6.07, 6.45) is 1.70. The number of carbonyl (C=O) groups excluding carboxylic acids is 1. The molecule has 1 amide bonds. The van der Waals surface area contributed by atoms with E-state index in [2.05, 4.69) is 25.9 Å². The van der Waals surface area contributed by atoms with Crippen molar-refractivity contribution in [1.29, 1.82) is 0 Å². The van der Waals surface area contributed by atoms with Crippen LogP contribution in [0.1, 0.15) is 11.7 Å². The standard InChI is InChI=1S/C14H14N6O2/c1-20-13-10(7-17-20)12(15-8-16-13)18-19-14(22)11(21)9-5-3-2-4-6-9/h2-8,11,21H,1H3,(H,19,22)(H,15,16,18)/t11-/m1/s1. The van der Waals surface area contributed by atoms with Gasteiger partial charge in [-0.25, -0.2) is 9.97 Å². The Morgan fingerprint density at radius 3 is 2.82 bits per heavy atom. The maximum absolute atomic E-state index is 12.0. The van der Waals surface area contributed by atoms with Crippen LogP contribution in [0.25, 0.3) is 11.0 Å². The molecule has 0 aliphatic rings. The fourth-order valence-electron chi connectivity index (χ4n) is 2.04. The fraction of sp³-hybridized carbons (Fsp3) is 0.143. The number of benzene rings is 1. The van der Waals surface area contributed by atoms with Crippen molar-refractivity contribution in [2.75, 3.05) is 5.43 Å². The van der Waals surface area contributed by atoms with Crippen LogP contribution in [-0.4, -0.2) is 30.8 Å². The minimum atomic E-state index is -1.26. The van der Waals surface area contributed by atoms with Gasteiger partial charge in [0.05, 0.1) is 11.6 Å². The number of hydrogen-bond acceptors (Lipinski definition) is 6. The van der Waals surface area contributed by atoms with Gasteiger partial charge in [0.15, 0.2) is 17.6 Å². The molecule has 3 rings (SSSR count). The van der Waals surface area contributed by atoms with Crippen LogP contribution in [-0.2, 0) is 11.8 Å². The lowest BCUT2D eigenvalue weighted by Gasteiger charge is -2.13. The van der Waals surface area contributed by atoms with Gasteiger partial charge in [0.2, 0.25) is 0 Å². The highest BCUT2D eigenvalue weighted by Crippen LogP contribution is 2.17. The lowest BCUT2D eigenvalue weighted by atomic mass is 10.1. The zero-order valence-corrected chi connectivity index (χ0v) is 11.8. The smallest absolute Gasteiger partial charge is 0.271 e. The molecule has 0 unspecified atom stereocenters. The molecule has 0 bridgehead atoms. The highest BCUT2D eigenvalue weighted by molar-refractivity contribution is 5.88. The van der Waals surface area contributed by atoms with Gasteiger partial charge in [-0.3, -0.25) is 20.3 Å². The minimum Gasteiger partial charge on any atom is -0.378 e. The Hall–Kier alpha value is -3.00. The number of aryl methyl sites for hydroxylation is 1. The van der Waals surface area contributed by atoms with E-state index >= 15 is 0 Å². The first-order chi connectivity index (χ1) is 10.7. The third-order valence-corrected chi connectivity index (χ3v) is 3.20. The molecule has 8 heteroatoms. The fourth-order valence-corrected chi connectivity index (χ4v) is 2.04. The van der Waals surface area contributed by atoms with Crippen molar-refractivity contribution in [1.82, 2.24) is 25.2 Å². The van der Waals surface area contributed by atoms with E-state index in [4.69, 9.17) is 0 Å². The van der Waals surface area contributed by atoms with Crippen LogP contribution in [0, 0.1) is 0 Å². The van der Waals surface area contributed by atoms with Crippen molar-refractivity contribution in [3.8, 4) is 0 Å². The zero-order chi connectivity index (χ0) is 15.5. The number of fused-ring (bicyclic) bond motifs is 1. The maximum atomic E-state index is 12.0. The molecular formula is C14H14N6O2. The molecule has 0 aliphatic heterocycles. The second-order valence-corrected chi connectivity index (χ2v) is 4.66. The van der Waals surface area contributed by atoms with Crippen molar-refractivity contribution in [2.45, 2.75) is 6.10 Å². The van der Waals surface area contributed by atoms with Crippen LogP contribution in [0.2, 0.25) is 0 Å². The molecule has 0 fully saturated rings. The molecule has 0 radical (unpaired) electrons. The van der Waals surface area contributed by atoms with E-state index in [-0.39, 0.29) is 0 Å². The molecule has 1 aromatic carbocycles. The Bertz CT molecular complexity index is 801. The minimum absolute atomic E-state index is 0.409. The molecule has 3 N–H and O–H groups in total. The quantitative estimate of drug-likeness (QED) is 0.607. The average Bonchev–Trinajstić information content (AvgIpc) is 2.95. The summed E-state index contributed by atoms with van der Waals surface area (Å²) in [6, 6.07) is 8.67. The topological polar surface area (TPSA) is 105 Å². The van der Waals surface area contributed by atoms with Gasteiger partial charge in [0, 0.05) is 7.05 Å². The summed E-state index contributed by atoms with van der Waals surface area (Å²) in [4.78, 5) is 20.1. The van der Waals surface area contributed by atoms with Crippen molar-refractivity contribution >= 4 is 22.8 Å². The van der Waals surface area contributed by atoms with E-state index in [9.17, 15) is 9.90 Å². The van der Waals surface area contributed by atoms with Crippen LogP contribution in [0.3, 0.4) is 0 Å². The average molecular weight is 298 g/mol. The molecular weight excluding hydrogens is 284 g/mol. The SMILES string of the molecule is Cn1ncc2c(NNC(=O)[C@H](O)c3ccccc3)ncnc21. The van der Waals surface area contributed by atoms with Crippen LogP contribution >= 0.6 is 0 Å². The van der Waals surface area contributed by atoms with Crippen molar-refractivity contribution in [3.05, 3.63) is 48.4 Å². The summed E-state index contributed by atoms with van der Waals surface area (Å²) >= 11 is 0. The number of aliphatic hydroxyl groups is 1. The highest BCUT2D eigenvalue weighted by Gasteiger charge is 2.17. The van der Waals surface area contributed by atoms with Crippen molar-refractivity contribution in [2.24, 2.45) is 7.05 Å². The van der Waals surface area contributed by atoms with E-state index in [1.54, 1.807) is 42.2 Å². The first-order valence-electron chi connectivity index (χ1n) is 6.58. The molecule has 1 atom stereocenters. The molecule has 0 saturated heterocycles. The van der Waals surface area contributed by atoms with Crippen molar-refractivity contribution < 1.29 is 9.90 Å². The van der Waals surface area contributed by atoms with Gasteiger partial charge >= 0.3 is 0 Å². The third-order valence-electron chi connectivity index (χ3n) is 3.20. The normalized spacial score (nSPS) is 12.1. The van der Waals surface area contributed by atoms with Crippen LogP contribution in [0.5, 0.6) is 0 Å². The predicted octanol–water partition coefficient (Wildman–Crippen LogP) is 0.540. The largest absolute Gasteiger partial charge is 0.378 e. The Morgan fingerprint density at radius 1 is 1.27 bits per heavy atom. The van der Waals surface area contributed by atoms with Gasteiger partial charge < -0.3 is 5.11 Å². The van der Waals surface area contributed by atoms with E-state index in [1.165, 1.54) is 6.33 Å². The summed E-state index contributed by atoms with van der Waals surface area (Å²) in [7, 11) is 1.76. The number of carbonyl (C=O) groups is 1. The number of hydrazine groups is 1. The lowest BCUT2D eigenvalue weighted by molar-refractivity contribution is -0.129. The number of nitrogens with zero attached hydrogens (tertiary/aromatic N) is 4. The summed E-state index contributed by atoms with van der Waals surface area (Å²) in [5.41, 5.74) is 6.26. The Kier molecular flexibility index (Phi) is 3.67. The Morgan fingerprint density at radius 2 is 2.05 bits per heavy atom. The van der Waals surface area contributed by atoms with Crippen LogP contribution in [0.4, 0.5) is 5.82 Å². The molecule has 8 nitrogen and oxygen atoms in total. The third kappa shape index (κ3) is 2.59. The molecule has 2 heterocycles. The zero-order valence-electron chi connectivity index (χ0n) is 11.8. The van der Waals surface area contributed by atoms with E-state index in [0.29, 0.717) is 22.4 Å². The van der Waals surface area contributed by atoms with Crippen molar-refractivity contribution in [3.63, 3.8) is 0 Å². The highest BCUT2D eigenvalue weighted by atomic mass is 16.3. The van der Waals surface area contributed by atoms with Gasteiger partial charge in [-0.2, -0.15) is 5.10 Å². The Balaban J connectivity index is 1.73. The number of nitrogens with one attached hydrogen (secondary N) is 2. The first kappa shape index (κ1) is 14.0. The molecule has 0 saturated carbocycles. The van der Waals surface area contributed by atoms with Gasteiger partial charge in [0.25, 0.3) is 5.91 Å². The summed E-state index contributed by atoms with van der Waals surface area (Å²) in [5.74, 6) is -0.173. The van der Waals surface area contributed by atoms with E-state index < -0.39 is 12.0 Å².